The van der Waals surface area contributed by atoms with E-state index in [0.717, 1.165) is 30.5 Å². The van der Waals surface area contributed by atoms with E-state index in [-0.39, 0.29) is 0 Å². The van der Waals surface area contributed by atoms with Crippen LogP contribution in [0, 0.1) is 0 Å². The van der Waals surface area contributed by atoms with Crippen LogP contribution in [0.5, 0.6) is 0 Å². The van der Waals surface area contributed by atoms with Gasteiger partial charge in [0.2, 0.25) is 0 Å². The van der Waals surface area contributed by atoms with Crippen LogP contribution in [0.25, 0.3) is 0 Å². The molecule has 0 N–H and O–H groups in total. The number of nitrogens with zero attached hydrogens (tertiary/aromatic N) is 3. The van der Waals surface area contributed by atoms with Crippen molar-refractivity contribution in [2.75, 3.05) is 39.1 Å². The molecule has 0 radical (unpaired) electrons. The first kappa shape index (κ1) is 16.3. The van der Waals surface area contributed by atoms with E-state index < -0.39 is 10.2 Å². The summed E-state index contributed by atoms with van der Waals surface area (Å²) in [5, 5.41) is 0. The molecule has 2 rings (SSSR count). The second-order valence-corrected chi connectivity index (χ2v) is 7.82. The Kier molecular flexibility index (Phi) is 5.24. The molecule has 0 aromatic heterocycles. The van der Waals surface area contributed by atoms with E-state index in [9.17, 15) is 8.42 Å². The van der Waals surface area contributed by atoms with Crippen molar-refractivity contribution in [3.8, 4) is 0 Å². The summed E-state index contributed by atoms with van der Waals surface area (Å²) in [5.74, 6) is 0. The van der Waals surface area contributed by atoms with Crippen molar-refractivity contribution in [2.45, 2.75) is 25.8 Å². The molecular weight excluding hydrogens is 286 g/mol. The molecular formula is C15H25N3O2S. The van der Waals surface area contributed by atoms with Crippen LogP contribution in [0.1, 0.15) is 24.8 Å². The summed E-state index contributed by atoms with van der Waals surface area (Å²) in [6.45, 7) is 1.70. The van der Waals surface area contributed by atoms with Crippen molar-refractivity contribution in [1.29, 1.82) is 0 Å². The zero-order valence-electron chi connectivity index (χ0n) is 13.1. The van der Waals surface area contributed by atoms with Gasteiger partial charge in [0.25, 0.3) is 10.2 Å². The predicted octanol–water partition coefficient (Wildman–Crippen LogP) is 1.92. The Morgan fingerprint density at radius 2 is 1.57 bits per heavy atom. The van der Waals surface area contributed by atoms with E-state index in [1.165, 1.54) is 4.31 Å². The Bertz CT molecular complexity index is 549. The third-order valence-electron chi connectivity index (χ3n) is 3.89. The number of hydrogen-bond acceptors (Lipinski definition) is 3. The summed E-state index contributed by atoms with van der Waals surface area (Å²) in [4.78, 5) is 2.03. The molecule has 0 aliphatic carbocycles. The van der Waals surface area contributed by atoms with E-state index in [2.05, 4.69) is 0 Å². The summed E-state index contributed by atoms with van der Waals surface area (Å²) in [6, 6.07) is 7.99. The lowest BCUT2D eigenvalue weighted by Gasteiger charge is -2.30. The molecule has 1 heterocycles. The largest absolute Gasteiger partial charge is 0.378 e. The highest BCUT2D eigenvalue weighted by Crippen LogP contribution is 2.18. The molecule has 0 unspecified atom stereocenters. The first-order valence-corrected chi connectivity index (χ1v) is 8.78. The molecule has 0 spiro atoms. The fraction of sp³-hybridized carbons (Fsp3) is 0.600. The smallest absolute Gasteiger partial charge is 0.282 e. The van der Waals surface area contributed by atoms with Gasteiger partial charge in [-0.15, -0.1) is 0 Å². The van der Waals surface area contributed by atoms with Crippen molar-refractivity contribution in [1.82, 2.24) is 8.61 Å². The summed E-state index contributed by atoms with van der Waals surface area (Å²) < 4.78 is 28.1. The Hall–Kier alpha value is -1.11. The summed E-state index contributed by atoms with van der Waals surface area (Å²) in [7, 11) is 2.30. The number of benzene rings is 1. The van der Waals surface area contributed by atoms with Gasteiger partial charge < -0.3 is 4.90 Å². The van der Waals surface area contributed by atoms with Crippen molar-refractivity contribution < 1.29 is 8.42 Å². The maximum absolute atomic E-state index is 12.5. The van der Waals surface area contributed by atoms with Gasteiger partial charge in [-0.2, -0.15) is 17.0 Å². The topological polar surface area (TPSA) is 43.9 Å². The molecule has 5 nitrogen and oxygen atoms in total. The fourth-order valence-corrected chi connectivity index (χ4v) is 3.96. The van der Waals surface area contributed by atoms with Gasteiger partial charge in [0.15, 0.2) is 0 Å². The zero-order valence-corrected chi connectivity index (χ0v) is 13.9. The normalized spacial score (nSPS) is 17.1. The number of rotatable bonds is 5. The van der Waals surface area contributed by atoms with Gasteiger partial charge >= 0.3 is 0 Å². The maximum atomic E-state index is 12.5. The Balaban J connectivity index is 2.04. The number of piperidine rings is 1. The van der Waals surface area contributed by atoms with Crippen molar-refractivity contribution >= 4 is 15.9 Å². The lowest BCUT2D eigenvalue weighted by atomic mass is 10.2. The average Bonchev–Trinajstić information content (AvgIpc) is 2.48. The van der Waals surface area contributed by atoms with Crippen LogP contribution < -0.4 is 4.90 Å². The molecule has 6 heteroatoms. The maximum Gasteiger partial charge on any atom is 0.282 e. The minimum Gasteiger partial charge on any atom is -0.378 e. The van der Waals surface area contributed by atoms with E-state index in [1.807, 2.05) is 43.3 Å². The molecule has 118 valence electrons. The molecule has 1 aromatic rings. The standard InChI is InChI=1S/C15H25N3O2S/c1-16(2)15-9-7-14(8-10-15)13-17(3)21(19,20)18-11-5-4-6-12-18/h7-10H,4-6,11-13H2,1-3H3. The quantitative estimate of drug-likeness (QED) is 0.834. The Labute approximate surface area is 128 Å². The highest BCUT2D eigenvalue weighted by molar-refractivity contribution is 7.86. The van der Waals surface area contributed by atoms with Gasteiger partial charge in [0.05, 0.1) is 0 Å². The van der Waals surface area contributed by atoms with E-state index in [4.69, 9.17) is 0 Å². The summed E-state index contributed by atoms with van der Waals surface area (Å²) >= 11 is 0. The molecule has 1 aliphatic rings. The second kappa shape index (κ2) is 6.77. The summed E-state index contributed by atoms with van der Waals surface area (Å²) in [5.41, 5.74) is 2.11. The summed E-state index contributed by atoms with van der Waals surface area (Å²) in [6.07, 6.45) is 3.05. The first-order chi connectivity index (χ1) is 9.91. The van der Waals surface area contributed by atoms with Gasteiger partial charge in [-0.1, -0.05) is 18.6 Å². The van der Waals surface area contributed by atoms with Crippen molar-refractivity contribution in [3.63, 3.8) is 0 Å². The SMILES string of the molecule is CN(C)c1ccc(CN(C)S(=O)(=O)N2CCCCC2)cc1. The minimum absolute atomic E-state index is 0.409. The molecule has 0 amide bonds. The van der Waals surface area contributed by atoms with Gasteiger partial charge in [0, 0.05) is 46.5 Å². The zero-order chi connectivity index (χ0) is 15.5. The molecule has 0 bridgehead atoms. The molecule has 1 aromatic carbocycles. The van der Waals surface area contributed by atoms with Crippen LogP contribution in [0.3, 0.4) is 0 Å². The van der Waals surface area contributed by atoms with Gasteiger partial charge in [-0.05, 0) is 30.5 Å². The number of anilines is 1. The fourth-order valence-electron chi connectivity index (χ4n) is 2.53. The monoisotopic (exact) mass is 311 g/mol. The van der Waals surface area contributed by atoms with Crippen LogP contribution in [0.15, 0.2) is 24.3 Å². The first-order valence-electron chi connectivity index (χ1n) is 7.39. The highest BCUT2D eigenvalue weighted by atomic mass is 32.2. The van der Waals surface area contributed by atoms with Crippen LogP contribution in [0.2, 0.25) is 0 Å². The Morgan fingerprint density at radius 3 is 2.10 bits per heavy atom. The molecule has 1 aliphatic heterocycles. The second-order valence-electron chi connectivity index (χ2n) is 5.78. The van der Waals surface area contributed by atoms with E-state index in [0.29, 0.717) is 19.6 Å². The van der Waals surface area contributed by atoms with Crippen LogP contribution in [0.4, 0.5) is 5.69 Å². The third kappa shape index (κ3) is 3.96. The van der Waals surface area contributed by atoms with Crippen LogP contribution in [-0.4, -0.2) is 51.3 Å². The van der Waals surface area contributed by atoms with Gasteiger partial charge in [-0.3, -0.25) is 0 Å². The van der Waals surface area contributed by atoms with Crippen LogP contribution >= 0.6 is 0 Å². The third-order valence-corrected chi connectivity index (χ3v) is 5.83. The average molecular weight is 311 g/mol. The van der Waals surface area contributed by atoms with E-state index >= 15 is 0 Å². The lowest BCUT2D eigenvalue weighted by Crippen LogP contribution is -2.44. The molecule has 21 heavy (non-hydrogen) atoms. The Morgan fingerprint density at radius 1 is 1.00 bits per heavy atom. The molecule has 1 saturated heterocycles. The molecule has 0 atom stereocenters. The van der Waals surface area contributed by atoms with Gasteiger partial charge in [-0.25, -0.2) is 0 Å². The van der Waals surface area contributed by atoms with Crippen LogP contribution in [-0.2, 0) is 16.8 Å². The lowest BCUT2D eigenvalue weighted by molar-refractivity contribution is 0.314. The predicted molar refractivity (Wildman–Crippen MR) is 86.6 cm³/mol. The molecule has 0 saturated carbocycles. The van der Waals surface area contributed by atoms with E-state index in [1.54, 1.807) is 11.4 Å². The number of hydrogen-bond donors (Lipinski definition) is 0. The molecule has 1 fully saturated rings. The van der Waals surface area contributed by atoms with Crippen molar-refractivity contribution in [2.24, 2.45) is 0 Å². The minimum atomic E-state index is -3.33. The van der Waals surface area contributed by atoms with Gasteiger partial charge in [0.1, 0.15) is 0 Å². The highest BCUT2D eigenvalue weighted by Gasteiger charge is 2.27. The van der Waals surface area contributed by atoms with Crippen molar-refractivity contribution in [3.05, 3.63) is 29.8 Å².